The number of nitrogens with zero attached hydrogens (tertiary/aromatic N) is 2. The summed E-state index contributed by atoms with van der Waals surface area (Å²) in [5.74, 6) is 1.70. The Morgan fingerprint density at radius 2 is 2.22 bits per heavy atom. The van der Waals surface area contributed by atoms with Crippen LogP contribution in [0.25, 0.3) is 0 Å². The molecule has 152 valence electrons. The first kappa shape index (κ1) is 23.8. The summed E-state index contributed by atoms with van der Waals surface area (Å²) in [5.41, 5.74) is 0. The SMILES string of the molecule is CCNC(=NCC(C)Oc1cccc(Cl)c1)NC1CCN(C(=O)CC)C1.I. The van der Waals surface area contributed by atoms with Crippen LogP contribution in [0.3, 0.4) is 0 Å². The van der Waals surface area contributed by atoms with Crippen molar-refractivity contribution >= 4 is 47.4 Å². The van der Waals surface area contributed by atoms with Crippen molar-refractivity contribution in [3.8, 4) is 5.75 Å². The second-order valence-corrected chi connectivity index (χ2v) is 6.87. The number of hydrogen-bond acceptors (Lipinski definition) is 3. The zero-order chi connectivity index (χ0) is 18.9. The Bertz CT molecular complexity index is 629. The molecule has 0 aromatic heterocycles. The molecule has 1 amide bonds. The van der Waals surface area contributed by atoms with E-state index in [1.54, 1.807) is 6.07 Å². The predicted octanol–water partition coefficient (Wildman–Crippen LogP) is 3.29. The summed E-state index contributed by atoms with van der Waals surface area (Å²) in [5, 5.41) is 7.33. The fourth-order valence-corrected chi connectivity index (χ4v) is 3.05. The van der Waals surface area contributed by atoms with Gasteiger partial charge in [0.2, 0.25) is 5.91 Å². The molecule has 2 unspecified atom stereocenters. The van der Waals surface area contributed by atoms with Gasteiger partial charge in [0.25, 0.3) is 0 Å². The van der Waals surface area contributed by atoms with E-state index < -0.39 is 0 Å². The number of aliphatic imine (C=N–C) groups is 1. The Morgan fingerprint density at radius 3 is 2.89 bits per heavy atom. The molecule has 0 saturated carbocycles. The minimum absolute atomic E-state index is 0. The second-order valence-electron chi connectivity index (χ2n) is 6.43. The Morgan fingerprint density at radius 1 is 1.44 bits per heavy atom. The van der Waals surface area contributed by atoms with Crippen molar-refractivity contribution in [1.29, 1.82) is 0 Å². The van der Waals surface area contributed by atoms with Crippen LogP contribution in [0.4, 0.5) is 0 Å². The minimum Gasteiger partial charge on any atom is -0.489 e. The Balaban J connectivity index is 0.00000364. The van der Waals surface area contributed by atoms with E-state index in [0.29, 0.717) is 18.0 Å². The van der Waals surface area contributed by atoms with Gasteiger partial charge in [-0.3, -0.25) is 4.79 Å². The third-order valence-corrected chi connectivity index (χ3v) is 4.40. The fourth-order valence-electron chi connectivity index (χ4n) is 2.87. The minimum atomic E-state index is -0.0781. The van der Waals surface area contributed by atoms with Gasteiger partial charge in [-0.15, -0.1) is 24.0 Å². The van der Waals surface area contributed by atoms with Crippen LogP contribution >= 0.6 is 35.6 Å². The van der Waals surface area contributed by atoms with E-state index in [9.17, 15) is 4.79 Å². The zero-order valence-corrected chi connectivity index (χ0v) is 19.3. The molecule has 0 radical (unpaired) electrons. The Labute approximate surface area is 184 Å². The monoisotopic (exact) mass is 508 g/mol. The highest BCUT2D eigenvalue weighted by Crippen LogP contribution is 2.18. The number of ether oxygens (including phenoxy) is 1. The summed E-state index contributed by atoms with van der Waals surface area (Å²) in [6.07, 6.45) is 1.41. The first-order chi connectivity index (χ1) is 12.5. The fraction of sp³-hybridized carbons (Fsp3) is 0.579. The van der Waals surface area contributed by atoms with Gasteiger partial charge in [-0.25, -0.2) is 4.99 Å². The highest BCUT2D eigenvalue weighted by Gasteiger charge is 2.25. The molecule has 2 N–H and O–H groups in total. The molecule has 0 aliphatic carbocycles. The molecule has 0 bridgehead atoms. The smallest absolute Gasteiger partial charge is 0.222 e. The van der Waals surface area contributed by atoms with Crippen molar-refractivity contribution in [2.24, 2.45) is 4.99 Å². The van der Waals surface area contributed by atoms with Crippen molar-refractivity contribution in [3.63, 3.8) is 0 Å². The van der Waals surface area contributed by atoms with E-state index in [1.165, 1.54) is 0 Å². The molecular weight excluding hydrogens is 479 g/mol. The van der Waals surface area contributed by atoms with Crippen molar-refractivity contribution in [2.75, 3.05) is 26.2 Å². The van der Waals surface area contributed by atoms with Crippen LogP contribution < -0.4 is 15.4 Å². The molecular formula is C19H30ClIN4O2. The normalized spacial score (nSPS) is 17.9. The third kappa shape index (κ3) is 8.13. The highest BCUT2D eigenvalue weighted by molar-refractivity contribution is 14.0. The number of rotatable bonds is 7. The summed E-state index contributed by atoms with van der Waals surface area (Å²) in [4.78, 5) is 18.3. The third-order valence-electron chi connectivity index (χ3n) is 4.17. The number of carbonyl (C=O) groups is 1. The molecule has 1 aliphatic rings. The predicted molar refractivity (Wildman–Crippen MR) is 121 cm³/mol. The average Bonchev–Trinajstić information content (AvgIpc) is 3.08. The highest BCUT2D eigenvalue weighted by atomic mass is 127. The second kappa shape index (κ2) is 12.3. The summed E-state index contributed by atoms with van der Waals surface area (Å²) in [6, 6.07) is 7.59. The summed E-state index contributed by atoms with van der Waals surface area (Å²) >= 11 is 5.98. The molecule has 8 heteroatoms. The number of benzene rings is 1. The first-order valence-corrected chi connectivity index (χ1v) is 9.64. The van der Waals surface area contributed by atoms with Gasteiger partial charge in [0.15, 0.2) is 5.96 Å². The van der Waals surface area contributed by atoms with E-state index in [1.807, 2.05) is 43.9 Å². The van der Waals surface area contributed by atoms with E-state index in [-0.39, 0.29) is 42.0 Å². The van der Waals surface area contributed by atoms with Crippen molar-refractivity contribution in [1.82, 2.24) is 15.5 Å². The van der Waals surface area contributed by atoms with Crippen LogP contribution in [0.2, 0.25) is 5.02 Å². The molecule has 1 aromatic carbocycles. The zero-order valence-electron chi connectivity index (χ0n) is 16.2. The maximum atomic E-state index is 11.8. The molecule has 27 heavy (non-hydrogen) atoms. The molecule has 1 aromatic rings. The Hall–Kier alpha value is -1.22. The van der Waals surface area contributed by atoms with Gasteiger partial charge >= 0.3 is 0 Å². The van der Waals surface area contributed by atoms with Crippen molar-refractivity contribution in [2.45, 2.75) is 45.8 Å². The number of nitrogens with one attached hydrogen (secondary N) is 2. The van der Waals surface area contributed by atoms with Gasteiger partial charge in [-0.05, 0) is 38.5 Å². The molecule has 2 rings (SSSR count). The average molecular weight is 509 g/mol. The van der Waals surface area contributed by atoms with Crippen LogP contribution in [-0.4, -0.2) is 55.1 Å². The summed E-state index contributed by atoms with van der Waals surface area (Å²) < 4.78 is 5.86. The van der Waals surface area contributed by atoms with Gasteiger partial charge < -0.3 is 20.3 Å². The molecule has 1 heterocycles. The quantitative estimate of drug-likeness (QED) is 0.337. The number of carbonyl (C=O) groups excluding carboxylic acids is 1. The molecule has 1 saturated heterocycles. The van der Waals surface area contributed by atoms with Gasteiger partial charge in [-0.1, -0.05) is 24.6 Å². The van der Waals surface area contributed by atoms with Gasteiger partial charge in [0.1, 0.15) is 11.9 Å². The van der Waals surface area contributed by atoms with E-state index >= 15 is 0 Å². The lowest BCUT2D eigenvalue weighted by Gasteiger charge is -2.19. The topological polar surface area (TPSA) is 66.0 Å². The Kier molecular flexibility index (Phi) is 10.8. The maximum Gasteiger partial charge on any atom is 0.222 e. The van der Waals surface area contributed by atoms with Crippen LogP contribution in [0.15, 0.2) is 29.3 Å². The number of hydrogen-bond donors (Lipinski definition) is 2. The van der Waals surface area contributed by atoms with E-state index in [4.69, 9.17) is 16.3 Å². The van der Waals surface area contributed by atoms with Gasteiger partial charge in [0, 0.05) is 37.1 Å². The number of amides is 1. The molecule has 1 fully saturated rings. The molecule has 6 nitrogen and oxygen atoms in total. The lowest BCUT2D eigenvalue weighted by Crippen LogP contribution is -2.45. The maximum absolute atomic E-state index is 11.8. The van der Waals surface area contributed by atoms with Crippen LogP contribution in [0, 0.1) is 0 Å². The molecule has 2 atom stereocenters. The number of likely N-dealkylation sites (tertiary alicyclic amines) is 1. The molecule has 0 spiro atoms. The van der Waals surface area contributed by atoms with Crippen molar-refractivity contribution < 1.29 is 9.53 Å². The van der Waals surface area contributed by atoms with Gasteiger partial charge in [0.05, 0.1) is 6.54 Å². The van der Waals surface area contributed by atoms with E-state index in [0.717, 1.165) is 37.8 Å². The van der Waals surface area contributed by atoms with Crippen LogP contribution in [-0.2, 0) is 4.79 Å². The standard InChI is InChI=1S/C19H29ClN4O2.HI/c1-4-18(25)24-10-9-16(13-24)23-19(21-5-2)22-12-14(3)26-17-8-6-7-15(20)11-17;/h6-8,11,14,16H,4-5,9-10,12-13H2,1-3H3,(H2,21,22,23);1H. The lowest BCUT2D eigenvalue weighted by molar-refractivity contribution is -0.129. The summed E-state index contributed by atoms with van der Waals surface area (Å²) in [7, 11) is 0. The number of halogens is 2. The van der Waals surface area contributed by atoms with Crippen LogP contribution in [0.5, 0.6) is 5.75 Å². The summed E-state index contributed by atoms with van der Waals surface area (Å²) in [6.45, 7) is 8.74. The largest absolute Gasteiger partial charge is 0.489 e. The molecule has 1 aliphatic heterocycles. The first-order valence-electron chi connectivity index (χ1n) is 9.26. The van der Waals surface area contributed by atoms with Crippen LogP contribution in [0.1, 0.15) is 33.6 Å². The van der Waals surface area contributed by atoms with Gasteiger partial charge in [-0.2, -0.15) is 0 Å². The lowest BCUT2D eigenvalue weighted by atomic mass is 10.3. The number of guanidine groups is 1. The van der Waals surface area contributed by atoms with E-state index in [2.05, 4.69) is 15.6 Å². The van der Waals surface area contributed by atoms with Crippen molar-refractivity contribution in [3.05, 3.63) is 29.3 Å².